The lowest BCUT2D eigenvalue weighted by Crippen LogP contribution is -2.01. The molecule has 0 spiro atoms. The third-order valence-electron chi connectivity index (χ3n) is 10.3. The summed E-state index contributed by atoms with van der Waals surface area (Å²) in [5, 5.41) is 0. The highest BCUT2D eigenvalue weighted by atomic mass is 14.9. The van der Waals surface area contributed by atoms with Crippen LogP contribution in [0, 0.1) is 0 Å². The summed E-state index contributed by atoms with van der Waals surface area (Å²) in [6.45, 7) is 0. The Labute approximate surface area is 305 Å². The SMILES string of the molecule is c1ccc(-c2nc(-c3cc4ccc3CCCc3ccc(cc3-c3nc(-c5ccccc5)c(-c5ccccc5)[nH]3)CCC4)[nH]c2-c2ccccc2)cc1. The number of nitrogens with one attached hydrogen (secondary N) is 2. The van der Waals surface area contributed by atoms with Crippen molar-refractivity contribution in [1.29, 1.82) is 0 Å². The molecule has 2 N–H and O–H groups in total. The van der Waals surface area contributed by atoms with Crippen LogP contribution in [-0.2, 0) is 25.7 Å². The number of aryl methyl sites for hydroxylation is 4. The molecule has 0 atom stereocenters. The molecule has 4 heteroatoms. The van der Waals surface area contributed by atoms with Crippen LogP contribution in [0.2, 0.25) is 0 Å². The number of hydrogen-bond donors (Lipinski definition) is 2. The number of aromatic nitrogens is 4. The fourth-order valence-corrected chi connectivity index (χ4v) is 7.64. The van der Waals surface area contributed by atoms with Gasteiger partial charge >= 0.3 is 0 Å². The Morgan fingerprint density at radius 1 is 0.365 bits per heavy atom. The van der Waals surface area contributed by atoms with Crippen molar-refractivity contribution in [2.24, 2.45) is 0 Å². The molecule has 0 saturated carbocycles. The van der Waals surface area contributed by atoms with E-state index >= 15 is 0 Å². The second-order valence-electron chi connectivity index (χ2n) is 13.8. The summed E-state index contributed by atoms with van der Waals surface area (Å²) in [4.78, 5) is 18.2. The average molecular weight is 673 g/mol. The van der Waals surface area contributed by atoms with Crippen LogP contribution in [-0.4, -0.2) is 19.9 Å². The van der Waals surface area contributed by atoms with Crippen LogP contribution in [0.3, 0.4) is 0 Å². The Bertz CT molecular complexity index is 2160. The molecule has 0 amide bonds. The van der Waals surface area contributed by atoms with Crippen LogP contribution < -0.4 is 0 Å². The smallest absolute Gasteiger partial charge is 0.138 e. The molecule has 252 valence electrons. The molecule has 52 heavy (non-hydrogen) atoms. The number of benzene rings is 6. The molecule has 4 aliphatic carbocycles. The van der Waals surface area contributed by atoms with E-state index in [1.165, 1.54) is 33.4 Å². The van der Waals surface area contributed by atoms with Crippen molar-refractivity contribution in [3.8, 4) is 67.8 Å². The predicted molar refractivity (Wildman–Crippen MR) is 214 cm³/mol. The highest BCUT2D eigenvalue weighted by molar-refractivity contribution is 5.83. The predicted octanol–water partition coefficient (Wildman–Crippen LogP) is 11.8. The molecule has 2 aromatic heterocycles. The van der Waals surface area contributed by atoms with E-state index in [0.717, 1.165) is 95.2 Å². The third-order valence-corrected chi connectivity index (χ3v) is 10.3. The molecule has 2 heterocycles. The Balaban J connectivity index is 1.09. The van der Waals surface area contributed by atoms with Gasteiger partial charge in [-0.05, 0) is 72.9 Å². The molecule has 12 rings (SSSR count). The standard InChI is InChI=1S/C48H40N4/c1-5-17-37(18-6-1)43-44(38-19-7-2-8-20-38)50-47(49-43)41-31-33-15-13-16-34-28-30-36(26-14-25-35(41)29-27-33)42(32-34)48-51-45(39-21-9-3-10-22-39)46(52-48)40-23-11-4-12-24-40/h1-12,17-24,27-32H,13-16,25-26H2,(H,49,50)(H,51,52). The van der Waals surface area contributed by atoms with E-state index in [0.29, 0.717) is 0 Å². The second kappa shape index (κ2) is 14.2. The summed E-state index contributed by atoms with van der Waals surface area (Å²) in [5.41, 5.74) is 16.3. The number of rotatable bonds is 6. The van der Waals surface area contributed by atoms with Crippen molar-refractivity contribution in [2.75, 3.05) is 0 Å². The topological polar surface area (TPSA) is 57.4 Å². The van der Waals surface area contributed by atoms with Gasteiger partial charge in [0, 0.05) is 33.4 Å². The number of aromatic amines is 2. The Hall–Kier alpha value is -6.26. The highest BCUT2D eigenvalue weighted by Crippen LogP contribution is 2.37. The number of hydrogen-bond acceptors (Lipinski definition) is 2. The fourth-order valence-electron chi connectivity index (χ4n) is 7.64. The summed E-state index contributed by atoms with van der Waals surface area (Å²) in [7, 11) is 0. The zero-order chi connectivity index (χ0) is 34.7. The minimum atomic E-state index is 0.933. The first-order valence-corrected chi connectivity index (χ1v) is 18.4. The minimum Gasteiger partial charge on any atom is -0.337 e. The van der Waals surface area contributed by atoms with Crippen molar-refractivity contribution >= 4 is 0 Å². The minimum absolute atomic E-state index is 0.933. The monoisotopic (exact) mass is 672 g/mol. The fraction of sp³-hybridized carbons (Fsp3) is 0.125. The second-order valence-corrected chi connectivity index (χ2v) is 13.8. The van der Waals surface area contributed by atoms with Crippen LogP contribution in [0.5, 0.6) is 0 Å². The first-order chi connectivity index (χ1) is 25.8. The van der Waals surface area contributed by atoms with Crippen molar-refractivity contribution in [1.82, 2.24) is 19.9 Å². The first kappa shape index (κ1) is 31.7. The molecule has 4 bridgehead atoms. The van der Waals surface area contributed by atoms with Gasteiger partial charge in [-0.3, -0.25) is 0 Å². The number of H-pyrrole nitrogens is 2. The van der Waals surface area contributed by atoms with E-state index < -0.39 is 0 Å². The largest absolute Gasteiger partial charge is 0.337 e. The molecule has 0 unspecified atom stereocenters. The van der Waals surface area contributed by atoms with Crippen LogP contribution in [0.25, 0.3) is 67.8 Å². The van der Waals surface area contributed by atoms with Gasteiger partial charge in [0.2, 0.25) is 0 Å². The van der Waals surface area contributed by atoms with Gasteiger partial charge in [0.05, 0.1) is 22.8 Å². The molecule has 0 saturated heterocycles. The van der Waals surface area contributed by atoms with Gasteiger partial charge in [0.25, 0.3) is 0 Å². The van der Waals surface area contributed by atoms with E-state index in [-0.39, 0.29) is 0 Å². The maximum atomic E-state index is 5.32. The molecule has 6 aromatic carbocycles. The first-order valence-electron chi connectivity index (χ1n) is 18.4. The number of imidazole rings is 2. The van der Waals surface area contributed by atoms with Crippen LogP contribution >= 0.6 is 0 Å². The zero-order valence-corrected chi connectivity index (χ0v) is 29.1. The average Bonchev–Trinajstić information content (AvgIpc) is 3.87. The molecule has 4 nitrogen and oxygen atoms in total. The molecule has 0 radical (unpaired) electrons. The Morgan fingerprint density at radius 2 is 0.731 bits per heavy atom. The van der Waals surface area contributed by atoms with Crippen molar-refractivity contribution in [3.05, 3.63) is 180 Å². The van der Waals surface area contributed by atoms with Gasteiger partial charge in [-0.1, -0.05) is 146 Å². The molecule has 0 fully saturated rings. The molecule has 4 aliphatic rings. The maximum Gasteiger partial charge on any atom is 0.138 e. The number of nitrogens with zero attached hydrogens (tertiary/aromatic N) is 2. The van der Waals surface area contributed by atoms with E-state index in [2.05, 4.69) is 168 Å². The van der Waals surface area contributed by atoms with Gasteiger partial charge < -0.3 is 9.97 Å². The summed E-state index contributed by atoms with van der Waals surface area (Å²) in [6.07, 6.45) is 5.96. The third kappa shape index (κ3) is 6.40. The summed E-state index contributed by atoms with van der Waals surface area (Å²) in [5.74, 6) is 1.87. The van der Waals surface area contributed by atoms with Crippen molar-refractivity contribution in [3.63, 3.8) is 0 Å². The zero-order valence-electron chi connectivity index (χ0n) is 29.1. The van der Waals surface area contributed by atoms with Crippen LogP contribution in [0.1, 0.15) is 35.1 Å². The molecule has 0 aliphatic heterocycles. The summed E-state index contributed by atoms with van der Waals surface area (Å²) in [6, 6.07) is 56.3. The van der Waals surface area contributed by atoms with Gasteiger partial charge in [-0.15, -0.1) is 0 Å². The van der Waals surface area contributed by atoms with Gasteiger partial charge in [-0.2, -0.15) is 0 Å². The van der Waals surface area contributed by atoms with Crippen LogP contribution in [0.4, 0.5) is 0 Å². The maximum absolute atomic E-state index is 5.32. The normalized spacial score (nSPS) is 12.9. The van der Waals surface area contributed by atoms with Gasteiger partial charge in [-0.25, -0.2) is 9.97 Å². The van der Waals surface area contributed by atoms with Crippen molar-refractivity contribution in [2.45, 2.75) is 38.5 Å². The van der Waals surface area contributed by atoms with Gasteiger partial charge in [0.15, 0.2) is 0 Å². The van der Waals surface area contributed by atoms with E-state index in [9.17, 15) is 0 Å². The summed E-state index contributed by atoms with van der Waals surface area (Å²) < 4.78 is 0. The van der Waals surface area contributed by atoms with Crippen molar-refractivity contribution < 1.29 is 0 Å². The Morgan fingerprint density at radius 3 is 1.13 bits per heavy atom. The highest BCUT2D eigenvalue weighted by Gasteiger charge is 2.20. The molecule has 8 aromatic rings. The van der Waals surface area contributed by atoms with E-state index in [1.54, 1.807) is 0 Å². The Kier molecular flexibility index (Phi) is 8.63. The van der Waals surface area contributed by atoms with E-state index in [1.807, 2.05) is 0 Å². The lowest BCUT2D eigenvalue weighted by molar-refractivity contribution is 0.801. The van der Waals surface area contributed by atoms with Crippen LogP contribution in [0.15, 0.2) is 158 Å². The summed E-state index contributed by atoms with van der Waals surface area (Å²) >= 11 is 0. The lowest BCUT2D eigenvalue weighted by Gasteiger charge is -2.15. The molecular weight excluding hydrogens is 633 g/mol. The van der Waals surface area contributed by atoms with Gasteiger partial charge in [0.1, 0.15) is 11.6 Å². The van der Waals surface area contributed by atoms with E-state index in [4.69, 9.17) is 9.97 Å². The molecular formula is C48H40N4. The lowest BCUT2D eigenvalue weighted by atomic mass is 9.92. The quantitative estimate of drug-likeness (QED) is 0.185.